The highest BCUT2D eigenvalue weighted by molar-refractivity contribution is 5.57. The minimum atomic E-state index is 0.378. The molecule has 0 radical (unpaired) electrons. The van der Waals surface area contributed by atoms with Crippen molar-refractivity contribution in [3.8, 4) is 6.07 Å². The Morgan fingerprint density at radius 3 is 2.62 bits per heavy atom. The van der Waals surface area contributed by atoms with Gasteiger partial charge in [0.1, 0.15) is 17.5 Å². The van der Waals surface area contributed by atoms with Crippen LogP contribution in [0, 0.1) is 18.3 Å². The number of hydrogen-bond donors (Lipinski definition) is 1. The number of aryl methyl sites for hydroxylation is 2. The maximum atomic E-state index is 9.36. The molecule has 1 unspecified atom stereocenters. The van der Waals surface area contributed by atoms with E-state index in [0.717, 1.165) is 62.5 Å². The summed E-state index contributed by atoms with van der Waals surface area (Å²) < 4.78 is 1.85. The lowest BCUT2D eigenvalue weighted by molar-refractivity contribution is 0.163. The molecule has 2 fully saturated rings. The smallest absolute Gasteiger partial charge is 0.145 e. The van der Waals surface area contributed by atoms with Gasteiger partial charge in [-0.2, -0.15) is 10.4 Å². The maximum absolute atomic E-state index is 9.36. The summed E-state index contributed by atoms with van der Waals surface area (Å²) >= 11 is 0. The molecule has 0 amide bonds. The van der Waals surface area contributed by atoms with Crippen LogP contribution in [0.4, 0.5) is 5.82 Å². The standard InChI is InChI=1S/C15H24N6/c1-11-14(9-16)15(19(2)18-11)21-8-5-13(10-21)20-6-3-12(17)4-7-20/h12-13H,3-8,10,17H2,1-2H3. The summed E-state index contributed by atoms with van der Waals surface area (Å²) in [5.41, 5.74) is 7.53. The van der Waals surface area contributed by atoms with Crippen LogP contribution in [0.25, 0.3) is 0 Å². The molecule has 0 aromatic carbocycles. The van der Waals surface area contributed by atoms with Crippen molar-refractivity contribution in [2.75, 3.05) is 31.1 Å². The van der Waals surface area contributed by atoms with E-state index < -0.39 is 0 Å². The van der Waals surface area contributed by atoms with Crippen LogP contribution >= 0.6 is 0 Å². The van der Waals surface area contributed by atoms with Crippen LogP contribution in [0.3, 0.4) is 0 Å². The van der Waals surface area contributed by atoms with Gasteiger partial charge in [0.05, 0.1) is 5.69 Å². The average Bonchev–Trinajstić information content (AvgIpc) is 3.03. The first kappa shape index (κ1) is 14.4. The van der Waals surface area contributed by atoms with Crippen LogP contribution < -0.4 is 10.6 Å². The molecule has 1 atom stereocenters. The largest absolute Gasteiger partial charge is 0.354 e. The van der Waals surface area contributed by atoms with E-state index in [0.29, 0.717) is 12.1 Å². The fourth-order valence-corrected chi connectivity index (χ4v) is 3.66. The number of nitrogens with two attached hydrogens (primary N) is 1. The Morgan fingerprint density at radius 2 is 1.95 bits per heavy atom. The summed E-state index contributed by atoms with van der Waals surface area (Å²) in [6.07, 6.45) is 3.36. The minimum Gasteiger partial charge on any atom is -0.354 e. The van der Waals surface area contributed by atoms with Gasteiger partial charge in [0.15, 0.2) is 0 Å². The van der Waals surface area contributed by atoms with Gasteiger partial charge in [0.25, 0.3) is 0 Å². The van der Waals surface area contributed by atoms with Crippen molar-refractivity contribution in [3.63, 3.8) is 0 Å². The lowest BCUT2D eigenvalue weighted by atomic mass is 10.0. The molecule has 2 aliphatic rings. The predicted molar refractivity (Wildman–Crippen MR) is 82.1 cm³/mol. The number of rotatable bonds is 2. The quantitative estimate of drug-likeness (QED) is 0.862. The van der Waals surface area contributed by atoms with Crippen LogP contribution in [-0.2, 0) is 7.05 Å². The number of piperidine rings is 1. The third kappa shape index (κ3) is 2.63. The van der Waals surface area contributed by atoms with Crippen molar-refractivity contribution >= 4 is 5.82 Å². The summed E-state index contributed by atoms with van der Waals surface area (Å²) in [4.78, 5) is 4.89. The molecular weight excluding hydrogens is 264 g/mol. The molecule has 2 saturated heterocycles. The molecule has 2 N–H and O–H groups in total. The molecule has 0 aliphatic carbocycles. The van der Waals surface area contributed by atoms with E-state index >= 15 is 0 Å². The van der Waals surface area contributed by atoms with Crippen LogP contribution in [0.15, 0.2) is 0 Å². The molecule has 1 aromatic rings. The number of nitrogens with zero attached hydrogens (tertiary/aromatic N) is 5. The van der Waals surface area contributed by atoms with Gasteiger partial charge in [-0.3, -0.25) is 9.58 Å². The Balaban J connectivity index is 1.72. The first-order chi connectivity index (χ1) is 10.1. The fraction of sp³-hybridized carbons (Fsp3) is 0.733. The van der Waals surface area contributed by atoms with Gasteiger partial charge in [-0.1, -0.05) is 0 Å². The molecule has 3 rings (SSSR count). The highest BCUT2D eigenvalue weighted by atomic mass is 15.4. The molecular formula is C15H24N6. The maximum Gasteiger partial charge on any atom is 0.145 e. The van der Waals surface area contributed by atoms with Crippen LogP contribution in [0.5, 0.6) is 0 Å². The van der Waals surface area contributed by atoms with Gasteiger partial charge >= 0.3 is 0 Å². The van der Waals surface area contributed by atoms with Crippen molar-refractivity contribution in [2.24, 2.45) is 12.8 Å². The number of aromatic nitrogens is 2. The second kappa shape index (κ2) is 5.66. The molecule has 2 aliphatic heterocycles. The number of hydrogen-bond acceptors (Lipinski definition) is 5. The van der Waals surface area contributed by atoms with Crippen molar-refractivity contribution in [1.29, 1.82) is 5.26 Å². The van der Waals surface area contributed by atoms with Crippen molar-refractivity contribution in [3.05, 3.63) is 11.3 Å². The Labute approximate surface area is 126 Å². The second-order valence-corrected chi connectivity index (χ2v) is 6.28. The molecule has 1 aromatic heterocycles. The molecule has 21 heavy (non-hydrogen) atoms. The zero-order valence-corrected chi connectivity index (χ0v) is 12.9. The summed E-state index contributed by atoms with van der Waals surface area (Å²) in [6, 6.07) is 3.27. The van der Waals surface area contributed by atoms with Gasteiger partial charge in [0, 0.05) is 32.2 Å². The van der Waals surface area contributed by atoms with E-state index in [1.165, 1.54) is 0 Å². The van der Waals surface area contributed by atoms with E-state index in [-0.39, 0.29) is 0 Å². The highest BCUT2D eigenvalue weighted by Crippen LogP contribution is 2.28. The van der Waals surface area contributed by atoms with Gasteiger partial charge in [-0.25, -0.2) is 0 Å². The zero-order chi connectivity index (χ0) is 15.0. The van der Waals surface area contributed by atoms with Crippen LogP contribution in [-0.4, -0.2) is 52.9 Å². The molecule has 0 bridgehead atoms. The van der Waals surface area contributed by atoms with Crippen LogP contribution in [0.2, 0.25) is 0 Å². The number of anilines is 1. The van der Waals surface area contributed by atoms with Crippen molar-refractivity contribution in [2.45, 2.75) is 38.3 Å². The topological polar surface area (TPSA) is 74.1 Å². The second-order valence-electron chi connectivity index (χ2n) is 6.28. The molecule has 114 valence electrons. The fourth-order valence-electron chi connectivity index (χ4n) is 3.66. The summed E-state index contributed by atoms with van der Waals surface area (Å²) in [5.74, 6) is 0.978. The summed E-state index contributed by atoms with van der Waals surface area (Å²) in [6.45, 7) is 6.11. The lowest BCUT2D eigenvalue weighted by Gasteiger charge is -2.34. The van der Waals surface area contributed by atoms with Crippen LogP contribution in [0.1, 0.15) is 30.5 Å². The Bertz CT molecular complexity index is 549. The van der Waals surface area contributed by atoms with Gasteiger partial charge < -0.3 is 10.6 Å². The third-order valence-electron chi connectivity index (χ3n) is 4.86. The summed E-state index contributed by atoms with van der Waals surface area (Å²) in [7, 11) is 1.93. The Morgan fingerprint density at radius 1 is 1.24 bits per heavy atom. The third-order valence-corrected chi connectivity index (χ3v) is 4.86. The van der Waals surface area contributed by atoms with Crippen molar-refractivity contribution in [1.82, 2.24) is 14.7 Å². The molecule has 0 saturated carbocycles. The summed E-state index contributed by atoms with van der Waals surface area (Å²) in [5, 5.41) is 13.8. The van der Waals surface area contributed by atoms with Crippen molar-refractivity contribution < 1.29 is 0 Å². The predicted octanol–water partition coefficient (Wildman–Crippen LogP) is 0.602. The molecule has 6 nitrogen and oxygen atoms in total. The van der Waals surface area contributed by atoms with Gasteiger partial charge in [-0.15, -0.1) is 0 Å². The monoisotopic (exact) mass is 288 g/mol. The Kier molecular flexibility index (Phi) is 3.87. The minimum absolute atomic E-state index is 0.378. The lowest BCUT2D eigenvalue weighted by Crippen LogP contribution is -2.46. The zero-order valence-electron chi connectivity index (χ0n) is 12.9. The number of likely N-dealkylation sites (tertiary alicyclic amines) is 1. The first-order valence-electron chi connectivity index (χ1n) is 7.78. The SMILES string of the molecule is Cc1nn(C)c(N2CCC(N3CCC(N)CC3)C2)c1C#N. The number of nitriles is 1. The normalized spacial score (nSPS) is 24.5. The molecule has 0 spiro atoms. The van der Waals surface area contributed by atoms with Gasteiger partial charge in [-0.05, 0) is 39.3 Å². The first-order valence-corrected chi connectivity index (χ1v) is 7.78. The van der Waals surface area contributed by atoms with E-state index in [9.17, 15) is 5.26 Å². The van der Waals surface area contributed by atoms with E-state index in [1.807, 2.05) is 18.7 Å². The Hall–Kier alpha value is -1.58. The van der Waals surface area contributed by atoms with E-state index in [4.69, 9.17) is 5.73 Å². The average molecular weight is 288 g/mol. The highest BCUT2D eigenvalue weighted by Gasteiger charge is 2.32. The molecule has 6 heteroatoms. The molecule has 3 heterocycles. The van der Waals surface area contributed by atoms with Gasteiger partial charge in [0.2, 0.25) is 0 Å². The van der Waals surface area contributed by atoms with E-state index in [2.05, 4.69) is 21.0 Å². The van der Waals surface area contributed by atoms with E-state index in [1.54, 1.807) is 0 Å².